The number of carboxylic acids is 1. The summed E-state index contributed by atoms with van der Waals surface area (Å²) in [6.45, 7) is 0.514. The zero-order valence-corrected chi connectivity index (χ0v) is 17.5. The number of hydrogen-bond acceptors (Lipinski definition) is 8. The van der Waals surface area contributed by atoms with E-state index >= 15 is 0 Å². The molecule has 0 aromatic carbocycles. The Morgan fingerprint density at radius 2 is 1.45 bits per heavy atom. The zero-order valence-electron chi connectivity index (χ0n) is 16.6. The van der Waals surface area contributed by atoms with Crippen molar-refractivity contribution in [1.29, 1.82) is 0 Å². The van der Waals surface area contributed by atoms with Crippen LogP contribution in [-0.2, 0) is 19.2 Å². The van der Waals surface area contributed by atoms with Gasteiger partial charge >= 0.3 is 5.97 Å². The molecule has 0 aliphatic heterocycles. The van der Waals surface area contributed by atoms with Gasteiger partial charge in [-0.25, -0.2) is 4.79 Å². The number of rotatable bonds is 16. The van der Waals surface area contributed by atoms with E-state index < -0.39 is 48.4 Å². The lowest BCUT2D eigenvalue weighted by molar-refractivity contribution is -0.142. The van der Waals surface area contributed by atoms with E-state index in [4.69, 9.17) is 22.3 Å². The van der Waals surface area contributed by atoms with Crippen LogP contribution in [0.4, 0.5) is 0 Å². The minimum Gasteiger partial charge on any atom is -0.480 e. The molecule has 0 spiro atoms. The third kappa shape index (κ3) is 12.3. The van der Waals surface area contributed by atoms with Crippen LogP contribution < -0.4 is 33.2 Å². The molecule has 10 N–H and O–H groups in total. The summed E-state index contributed by atoms with van der Waals surface area (Å²) in [5, 5.41) is 16.3. The maximum Gasteiger partial charge on any atom is 0.326 e. The van der Waals surface area contributed by atoms with E-state index in [0.717, 1.165) is 6.42 Å². The van der Waals surface area contributed by atoms with Crippen molar-refractivity contribution < 1.29 is 24.3 Å². The van der Waals surface area contributed by atoms with Gasteiger partial charge in [-0.2, -0.15) is 12.6 Å². The van der Waals surface area contributed by atoms with Gasteiger partial charge in [0.1, 0.15) is 12.1 Å². The van der Waals surface area contributed by atoms with Gasteiger partial charge < -0.3 is 38.3 Å². The van der Waals surface area contributed by atoms with Crippen LogP contribution in [0.25, 0.3) is 0 Å². The molecule has 0 aliphatic rings. The van der Waals surface area contributed by atoms with Crippen LogP contribution in [0.5, 0.6) is 0 Å². The molecule has 0 aliphatic carbocycles. The summed E-state index contributed by atoms with van der Waals surface area (Å²) >= 11 is 4.04. The lowest BCUT2D eigenvalue weighted by Gasteiger charge is -2.19. The fourth-order valence-corrected chi connectivity index (χ4v) is 2.66. The third-order valence-electron chi connectivity index (χ3n) is 4.12. The lowest BCUT2D eigenvalue weighted by Crippen LogP contribution is -2.54. The number of carbonyl (C=O) groups is 4. The molecule has 0 saturated heterocycles. The van der Waals surface area contributed by atoms with Crippen LogP contribution in [0.3, 0.4) is 0 Å². The standard InChI is InChI=1S/C17H34N6O5S/c18-7-3-1-5-11(20)15(25)23-13(10-29)16(26)21-9-14(24)22-12(17(27)28)6-2-4-8-19/h11-13,29H,1-10,18-20H2,(H,21,26)(H,22,24)(H,23,25)(H,27,28). The molecule has 168 valence electrons. The van der Waals surface area contributed by atoms with E-state index in [1.54, 1.807) is 0 Å². The summed E-state index contributed by atoms with van der Waals surface area (Å²) in [4.78, 5) is 47.4. The Bertz CT molecular complexity index is 536. The molecule has 0 rings (SSSR count). The highest BCUT2D eigenvalue weighted by Gasteiger charge is 2.24. The van der Waals surface area contributed by atoms with Gasteiger partial charge in [0.2, 0.25) is 17.7 Å². The van der Waals surface area contributed by atoms with Gasteiger partial charge in [-0.3, -0.25) is 14.4 Å². The van der Waals surface area contributed by atoms with Gasteiger partial charge in [-0.05, 0) is 45.2 Å². The molecule has 3 unspecified atom stereocenters. The first-order valence-electron chi connectivity index (χ1n) is 9.63. The predicted molar refractivity (Wildman–Crippen MR) is 112 cm³/mol. The maximum atomic E-state index is 12.2. The quantitative estimate of drug-likeness (QED) is 0.0975. The smallest absolute Gasteiger partial charge is 0.326 e. The molecule has 11 nitrogen and oxygen atoms in total. The van der Waals surface area contributed by atoms with Crippen molar-refractivity contribution in [3.8, 4) is 0 Å². The average Bonchev–Trinajstić information content (AvgIpc) is 2.69. The summed E-state index contributed by atoms with van der Waals surface area (Å²) < 4.78 is 0. The van der Waals surface area contributed by atoms with E-state index in [0.29, 0.717) is 38.8 Å². The number of hydrogen-bond donors (Lipinski definition) is 8. The number of nitrogens with one attached hydrogen (secondary N) is 3. The summed E-state index contributed by atoms with van der Waals surface area (Å²) in [5.41, 5.74) is 16.5. The van der Waals surface area contributed by atoms with Gasteiger partial charge in [-0.15, -0.1) is 0 Å². The minimum atomic E-state index is -1.16. The second kappa shape index (κ2) is 16.0. The van der Waals surface area contributed by atoms with Gasteiger partial charge in [0.25, 0.3) is 0 Å². The molecule has 3 atom stereocenters. The average molecular weight is 435 g/mol. The Hall–Kier alpha value is -1.89. The summed E-state index contributed by atoms with van der Waals surface area (Å²) in [6.07, 6.45) is 3.32. The second-order valence-electron chi connectivity index (χ2n) is 6.60. The Morgan fingerprint density at radius 3 is 1.97 bits per heavy atom. The van der Waals surface area contributed by atoms with E-state index in [-0.39, 0.29) is 12.2 Å². The molecule has 0 fully saturated rings. The highest BCUT2D eigenvalue weighted by Crippen LogP contribution is 2.01. The van der Waals surface area contributed by atoms with Gasteiger partial charge in [0.05, 0.1) is 12.6 Å². The molecule has 0 aromatic rings. The number of unbranched alkanes of at least 4 members (excludes halogenated alkanes) is 2. The molecule has 0 bridgehead atoms. The molecule has 0 aromatic heterocycles. The Balaban J connectivity index is 4.46. The SMILES string of the molecule is NCCCCC(N)C(=O)NC(CS)C(=O)NCC(=O)NC(CCCCN)C(=O)O. The van der Waals surface area contributed by atoms with Crippen molar-refractivity contribution >= 4 is 36.3 Å². The molecule has 0 radical (unpaired) electrons. The van der Waals surface area contributed by atoms with Crippen LogP contribution in [0, 0.1) is 0 Å². The highest BCUT2D eigenvalue weighted by molar-refractivity contribution is 7.80. The Labute approximate surface area is 176 Å². The number of aliphatic carboxylic acids is 1. The second-order valence-corrected chi connectivity index (χ2v) is 6.96. The van der Waals surface area contributed by atoms with Gasteiger partial charge in [-0.1, -0.05) is 6.42 Å². The van der Waals surface area contributed by atoms with E-state index in [1.165, 1.54) is 0 Å². The zero-order chi connectivity index (χ0) is 22.2. The normalized spacial score (nSPS) is 13.8. The Morgan fingerprint density at radius 1 is 0.862 bits per heavy atom. The fraction of sp³-hybridized carbons (Fsp3) is 0.765. The number of thiol groups is 1. The van der Waals surface area contributed by atoms with Crippen molar-refractivity contribution in [2.24, 2.45) is 17.2 Å². The molecule has 0 saturated carbocycles. The van der Waals surface area contributed by atoms with E-state index in [2.05, 4.69) is 28.6 Å². The summed E-state index contributed by atoms with van der Waals surface area (Å²) in [7, 11) is 0. The molecule has 12 heteroatoms. The summed E-state index contributed by atoms with van der Waals surface area (Å²) in [6, 6.07) is -2.80. The van der Waals surface area contributed by atoms with Crippen molar-refractivity contribution in [1.82, 2.24) is 16.0 Å². The largest absolute Gasteiger partial charge is 0.480 e. The number of carbonyl (C=O) groups excluding carboxylic acids is 3. The maximum absolute atomic E-state index is 12.2. The van der Waals surface area contributed by atoms with Gasteiger partial charge in [0, 0.05) is 5.75 Å². The molecule has 29 heavy (non-hydrogen) atoms. The van der Waals surface area contributed by atoms with Crippen molar-refractivity contribution in [2.75, 3.05) is 25.4 Å². The third-order valence-corrected chi connectivity index (χ3v) is 4.49. The first-order chi connectivity index (χ1) is 13.8. The lowest BCUT2D eigenvalue weighted by atomic mass is 10.1. The number of amides is 3. The van der Waals surface area contributed by atoms with E-state index in [9.17, 15) is 19.2 Å². The van der Waals surface area contributed by atoms with Crippen LogP contribution in [0.1, 0.15) is 38.5 Å². The van der Waals surface area contributed by atoms with Crippen LogP contribution in [0.2, 0.25) is 0 Å². The molecular weight excluding hydrogens is 400 g/mol. The molecule has 3 amide bonds. The van der Waals surface area contributed by atoms with Crippen LogP contribution in [-0.4, -0.2) is 72.3 Å². The molecule has 0 heterocycles. The first kappa shape index (κ1) is 27.1. The van der Waals surface area contributed by atoms with E-state index in [1.807, 2.05) is 0 Å². The first-order valence-corrected chi connectivity index (χ1v) is 10.3. The summed E-state index contributed by atoms with van der Waals surface area (Å²) in [5.74, 6) is -2.92. The van der Waals surface area contributed by atoms with Crippen LogP contribution in [0.15, 0.2) is 0 Å². The number of nitrogens with two attached hydrogens (primary N) is 3. The van der Waals surface area contributed by atoms with Crippen LogP contribution >= 0.6 is 12.6 Å². The van der Waals surface area contributed by atoms with Crippen molar-refractivity contribution in [3.63, 3.8) is 0 Å². The van der Waals surface area contributed by atoms with Gasteiger partial charge in [0.15, 0.2) is 0 Å². The number of carboxylic acid groups (broad SMARTS) is 1. The Kier molecular flexibility index (Phi) is 14.9. The fourth-order valence-electron chi connectivity index (χ4n) is 2.40. The molecular formula is C17H34N6O5S. The topological polar surface area (TPSA) is 203 Å². The highest BCUT2D eigenvalue weighted by atomic mass is 32.1. The monoisotopic (exact) mass is 434 g/mol. The van der Waals surface area contributed by atoms with Crippen molar-refractivity contribution in [2.45, 2.75) is 56.7 Å². The predicted octanol–water partition coefficient (Wildman–Crippen LogP) is -2.33. The minimum absolute atomic E-state index is 0.00551. The van der Waals surface area contributed by atoms with Crippen molar-refractivity contribution in [3.05, 3.63) is 0 Å².